The standard InChI is InChI=1S/C15H30N2O2/c1-14(2)13-16-8-10-17(11-9-16)15(18)7-5-4-6-12-19-3/h14H,4-13H2,1-3H3. The summed E-state index contributed by atoms with van der Waals surface area (Å²) in [6.07, 6.45) is 3.85. The third-order valence-electron chi connectivity index (χ3n) is 3.59. The number of amides is 1. The molecule has 1 fully saturated rings. The summed E-state index contributed by atoms with van der Waals surface area (Å²) in [6, 6.07) is 0. The first kappa shape index (κ1) is 16.4. The van der Waals surface area contributed by atoms with Crippen LogP contribution in [0.15, 0.2) is 0 Å². The molecule has 1 aliphatic heterocycles. The highest BCUT2D eigenvalue weighted by Crippen LogP contribution is 2.09. The van der Waals surface area contributed by atoms with E-state index in [1.165, 1.54) is 0 Å². The Bertz CT molecular complexity index is 249. The van der Waals surface area contributed by atoms with Gasteiger partial charge in [-0.15, -0.1) is 0 Å². The van der Waals surface area contributed by atoms with Crippen molar-refractivity contribution in [2.24, 2.45) is 5.92 Å². The van der Waals surface area contributed by atoms with Crippen LogP contribution in [0.2, 0.25) is 0 Å². The summed E-state index contributed by atoms with van der Waals surface area (Å²) < 4.78 is 5.01. The molecule has 19 heavy (non-hydrogen) atoms. The minimum Gasteiger partial charge on any atom is -0.385 e. The van der Waals surface area contributed by atoms with Crippen molar-refractivity contribution in [1.29, 1.82) is 0 Å². The van der Waals surface area contributed by atoms with E-state index in [1.807, 2.05) is 4.90 Å². The second-order valence-electron chi connectivity index (χ2n) is 5.88. The van der Waals surface area contributed by atoms with E-state index in [0.29, 0.717) is 18.2 Å². The average Bonchev–Trinajstić information content (AvgIpc) is 2.38. The molecular formula is C15H30N2O2. The van der Waals surface area contributed by atoms with Crippen LogP contribution in [0.3, 0.4) is 0 Å². The first-order chi connectivity index (χ1) is 9.13. The second-order valence-corrected chi connectivity index (χ2v) is 5.88. The molecule has 4 heteroatoms. The molecule has 0 bridgehead atoms. The number of hydrogen-bond acceptors (Lipinski definition) is 3. The number of piperazine rings is 1. The molecule has 0 unspecified atom stereocenters. The van der Waals surface area contributed by atoms with Gasteiger partial charge in [-0.3, -0.25) is 9.69 Å². The Balaban J connectivity index is 2.11. The number of unbranched alkanes of at least 4 members (excludes halogenated alkanes) is 2. The maximum absolute atomic E-state index is 12.0. The molecule has 1 amide bonds. The summed E-state index contributed by atoms with van der Waals surface area (Å²) in [7, 11) is 1.72. The van der Waals surface area contributed by atoms with Crippen molar-refractivity contribution in [3.8, 4) is 0 Å². The lowest BCUT2D eigenvalue weighted by Crippen LogP contribution is -2.49. The Kier molecular flexibility index (Phi) is 8.07. The average molecular weight is 270 g/mol. The Morgan fingerprint density at radius 2 is 1.79 bits per heavy atom. The monoisotopic (exact) mass is 270 g/mol. The summed E-state index contributed by atoms with van der Waals surface area (Å²) in [4.78, 5) is 16.5. The van der Waals surface area contributed by atoms with E-state index in [-0.39, 0.29) is 0 Å². The lowest BCUT2D eigenvalue weighted by Gasteiger charge is -2.35. The zero-order valence-corrected chi connectivity index (χ0v) is 12.9. The van der Waals surface area contributed by atoms with Gasteiger partial charge in [-0.2, -0.15) is 0 Å². The van der Waals surface area contributed by atoms with Crippen LogP contribution in [0.25, 0.3) is 0 Å². The Morgan fingerprint density at radius 1 is 1.11 bits per heavy atom. The van der Waals surface area contributed by atoms with Gasteiger partial charge >= 0.3 is 0 Å². The minimum absolute atomic E-state index is 0.335. The molecule has 0 aromatic rings. The molecule has 0 saturated carbocycles. The van der Waals surface area contributed by atoms with Crippen LogP contribution in [0.5, 0.6) is 0 Å². The van der Waals surface area contributed by atoms with Crippen LogP contribution >= 0.6 is 0 Å². The van der Waals surface area contributed by atoms with Crippen LogP contribution in [-0.4, -0.2) is 62.1 Å². The smallest absolute Gasteiger partial charge is 0.222 e. The Labute approximate surface area is 118 Å². The first-order valence-electron chi connectivity index (χ1n) is 7.62. The molecule has 1 heterocycles. The molecule has 0 atom stereocenters. The lowest BCUT2D eigenvalue weighted by molar-refractivity contribution is -0.133. The van der Waals surface area contributed by atoms with Gasteiger partial charge < -0.3 is 9.64 Å². The van der Waals surface area contributed by atoms with Crippen LogP contribution in [0.1, 0.15) is 39.5 Å². The fourth-order valence-electron chi connectivity index (χ4n) is 2.55. The molecule has 0 aromatic carbocycles. The molecular weight excluding hydrogens is 240 g/mol. The highest BCUT2D eigenvalue weighted by atomic mass is 16.5. The number of ether oxygens (including phenoxy) is 1. The van der Waals surface area contributed by atoms with Crippen LogP contribution in [0.4, 0.5) is 0 Å². The summed E-state index contributed by atoms with van der Waals surface area (Å²) in [5.74, 6) is 1.05. The van der Waals surface area contributed by atoms with E-state index >= 15 is 0 Å². The van der Waals surface area contributed by atoms with Crippen molar-refractivity contribution in [3.63, 3.8) is 0 Å². The number of hydrogen-bond donors (Lipinski definition) is 0. The molecule has 0 aromatic heterocycles. The Morgan fingerprint density at radius 3 is 2.37 bits per heavy atom. The van der Waals surface area contributed by atoms with E-state index < -0.39 is 0 Å². The van der Waals surface area contributed by atoms with Gasteiger partial charge in [0.05, 0.1) is 0 Å². The summed E-state index contributed by atoms with van der Waals surface area (Å²) >= 11 is 0. The molecule has 0 radical (unpaired) electrons. The van der Waals surface area contributed by atoms with Gasteiger partial charge in [0.2, 0.25) is 5.91 Å². The molecule has 4 nitrogen and oxygen atoms in total. The van der Waals surface area contributed by atoms with Crippen LogP contribution < -0.4 is 0 Å². The lowest BCUT2D eigenvalue weighted by atomic mass is 10.1. The topological polar surface area (TPSA) is 32.8 Å². The normalized spacial score (nSPS) is 17.2. The van der Waals surface area contributed by atoms with E-state index in [9.17, 15) is 4.79 Å². The highest BCUT2D eigenvalue weighted by molar-refractivity contribution is 5.76. The van der Waals surface area contributed by atoms with Gasteiger partial charge in [0, 0.05) is 52.9 Å². The zero-order valence-electron chi connectivity index (χ0n) is 12.9. The molecule has 1 aliphatic rings. The van der Waals surface area contributed by atoms with Gasteiger partial charge in [0.1, 0.15) is 0 Å². The molecule has 0 aliphatic carbocycles. The van der Waals surface area contributed by atoms with Crippen molar-refractivity contribution in [2.75, 3.05) is 46.4 Å². The van der Waals surface area contributed by atoms with Crippen molar-refractivity contribution >= 4 is 5.91 Å². The number of carbonyl (C=O) groups is 1. The predicted molar refractivity (Wildman–Crippen MR) is 78.2 cm³/mol. The van der Waals surface area contributed by atoms with E-state index in [4.69, 9.17) is 4.74 Å². The fraction of sp³-hybridized carbons (Fsp3) is 0.933. The van der Waals surface area contributed by atoms with Gasteiger partial charge in [-0.05, 0) is 18.8 Å². The van der Waals surface area contributed by atoms with Crippen molar-refractivity contribution in [3.05, 3.63) is 0 Å². The van der Waals surface area contributed by atoms with Crippen LogP contribution in [-0.2, 0) is 9.53 Å². The number of carbonyl (C=O) groups excluding carboxylic acids is 1. The second kappa shape index (κ2) is 9.32. The predicted octanol–water partition coefficient (Wildman–Crippen LogP) is 1.99. The van der Waals surface area contributed by atoms with Crippen LogP contribution in [0, 0.1) is 5.92 Å². The minimum atomic E-state index is 0.335. The molecule has 0 N–H and O–H groups in total. The number of methoxy groups -OCH3 is 1. The maximum Gasteiger partial charge on any atom is 0.222 e. The van der Waals surface area contributed by atoms with Gasteiger partial charge in [0.15, 0.2) is 0 Å². The first-order valence-corrected chi connectivity index (χ1v) is 7.62. The fourth-order valence-corrected chi connectivity index (χ4v) is 2.55. The SMILES string of the molecule is COCCCCCC(=O)N1CCN(CC(C)C)CC1. The van der Waals surface area contributed by atoms with E-state index in [2.05, 4.69) is 18.7 Å². The van der Waals surface area contributed by atoms with E-state index in [1.54, 1.807) is 7.11 Å². The highest BCUT2D eigenvalue weighted by Gasteiger charge is 2.20. The Hall–Kier alpha value is -0.610. The maximum atomic E-state index is 12.0. The van der Waals surface area contributed by atoms with Crippen molar-refractivity contribution in [2.45, 2.75) is 39.5 Å². The molecule has 0 spiro atoms. The zero-order chi connectivity index (χ0) is 14.1. The van der Waals surface area contributed by atoms with Gasteiger partial charge in [0.25, 0.3) is 0 Å². The molecule has 112 valence electrons. The number of nitrogens with zero attached hydrogens (tertiary/aromatic N) is 2. The van der Waals surface area contributed by atoms with Crippen molar-refractivity contribution in [1.82, 2.24) is 9.80 Å². The summed E-state index contributed by atoms with van der Waals surface area (Å²) in [6.45, 7) is 10.3. The molecule has 1 rings (SSSR count). The quantitative estimate of drug-likeness (QED) is 0.632. The molecule has 1 saturated heterocycles. The largest absolute Gasteiger partial charge is 0.385 e. The third kappa shape index (κ3) is 6.92. The van der Waals surface area contributed by atoms with Crippen molar-refractivity contribution < 1.29 is 9.53 Å². The van der Waals surface area contributed by atoms with E-state index in [0.717, 1.165) is 58.6 Å². The number of rotatable bonds is 8. The third-order valence-corrected chi connectivity index (χ3v) is 3.59. The summed E-state index contributed by atoms with van der Waals surface area (Å²) in [5, 5.41) is 0. The van der Waals surface area contributed by atoms with Gasteiger partial charge in [-0.25, -0.2) is 0 Å². The van der Waals surface area contributed by atoms with Gasteiger partial charge in [-0.1, -0.05) is 20.3 Å². The summed E-state index contributed by atoms with van der Waals surface area (Å²) in [5.41, 5.74) is 0.